The molecule has 0 atom stereocenters. The van der Waals surface area contributed by atoms with Gasteiger partial charge in [-0.2, -0.15) is 11.8 Å². The molecular formula is C12H26N2OS. The number of thioether (sulfide) groups is 1. The van der Waals surface area contributed by atoms with Gasteiger partial charge in [0.1, 0.15) is 0 Å². The SMILES string of the molecule is CSCCCCCNCCN1CCOCC1. The summed E-state index contributed by atoms with van der Waals surface area (Å²) in [4.78, 5) is 2.48. The number of nitrogens with zero attached hydrogens (tertiary/aromatic N) is 1. The predicted molar refractivity (Wildman–Crippen MR) is 72.4 cm³/mol. The van der Waals surface area contributed by atoms with Gasteiger partial charge in [0.15, 0.2) is 0 Å². The van der Waals surface area contributed by atoms with Crippen LogP contribution in [0.1, 0.15) is 19.3 Å². The minimum atomic E-state index is 0.911. The Balaban J connectivity index is 1.77. The number of unbranched alkanes of at least 4 members (excludes halogenated alkanes) is 2. The predicted octanol–water partition coefficient (Wildman–Crippen LogP) is 1.44. The number of rotatable bonds is 9. The summed E-state index contributed by atoms with van der Waals surface area (Å²) in [6, 6.07) is 0. The van der Waals surface area contributed by atoms with Crippen molar-refractivity contribution in [3.63, 3.8) is 0 Å². The van der Waals surface area contributed by atoms with E-state index < -0.39 is 0 Å². The van der Waals surface area contributed by atoms with Gasteiger partial charge in [-0.05, 0) is 31.4 Å². The second-order valence-corrected chi connectivity index (χ2v) is 5.24. The Bertz CT molecular complexity index is 152. The van der Waals surface area contributed by atoms with E-state index in [4.69, 9.17) is 4.74 Å². The lowest BCUT2D eigenvalue weighted by molar-refractivity contribution is 0.0384. The maximum Gasteiger partial charge on any atom is 0.0594 e. The van der Waals surface area contributed by atoms with Crippen LogP contribution in [0.15, 0.2) is 0 Å². The fourth-order valence-electron chi connectivity index (χ4n) is 1.86. The van der Waals surface area contributed by atoms with Gasteiger partial charge in [-0.1, -0.05) is 6.42 Å². The minimum Gasteiger partial charge on any atom is -0.379 e. The molecule has 1 heterocycles. The molecule has 1 N–H and O–H groups in total. The van der Waals surface area contributed by atoms with Crippen molar-refractivity contribution in [3.8, 4) is 0 Å². The zero-order chi connectivity index (χ0) is 11.5. The van der Waals surface area contributed by atoms with Gasteiger partial charge in [0.2, 0.25) is 0 Å². The number of hydrogen-bond acceptors (Lipinski definition) is 4. The van der Waals surface area contributed by atoms with E-state index in [1.165, 1.54) is 38.1 Å². The molecule has 3 nitrogen and oxygen atoms in total. The first kappa shape index (κ1) is 14.3. The fourth-order valence-corrected chi connectivity index (χ4v) is 2.35. The van der Waals surface area contributed by atoms with Crippen molar-refractivity contribution < 1.29 is 4.74 Å². The molecule has 0 spiro atoms. The zero-order valence-electron chi connectivity index (χ0n) is 10.5. The Morgan fingerprint density at radius 1 is 1.12 bits per heavy atom. The highest BCUT2D eigenvalue weighted by atomic mass is 32.2. The van der Waals surface area contributed by atoms with Crippen molar-refractivity contribution in [2.75, 3.05) is 57.9 Å². The van der Waals surface area contributed by atoms with E-state index in [9.17, 15) is 0 Å². The monoisotopic (exact) mass is 246 g/mol. The molecule has 1 aliphatic rings. The summed E-state index contributed by atoms with van der Waals surface area (Å²) < 4.78 is 5.32. The minimum absolute atomic E-state index is 0.911. The summed E-state index contributed by atoms with van der Waals surface area (Å²) in [6.45, 7) is 7.52. The fraction of sp³-hybridized carbons (Fsp3) is 1.00. The first-order chi connectivity index (χ1) is 7.93. The topological polar surface area (TPSA) is 24.5 Å². The first-order valence-electron chi connectivity index (χ1n) is 6.43. The molecule has 0 radical (unpaired) electrons. The maximum absolute atomic E-state index is 5.32. The molecule has 0 aromatic carbocycles. The van der Waals surface area contributed by atoms with Gasteiger partial charge in [0.05, 0.1) is 13.2 Å². The van der Waals surface area contributed by atoms with Crippen LogP contribution < -0.4 is 5.32 Å². The molecule has 1 saturated heterocycles. The number of morpholine rings is 1. The first-order valence-corrected chi connectivity index (χ1v) is 7.82. The van der Waals surface area contributed by atoms with Crippen LogP contribution in [0.5, 0.6) is 0 Å². The van der Waals surface area contributed by atoms with Crippen LogP contribution in [0.3, 0.4) is 0 Å². The van der Waals surface area contributed by atoms with Crippen LogP contribution in [-0.2, 0) is 4.74 Å². The lowest BCUT2D eigenvalue weighted by atomic mass is 10.2. The van der Waals surface area contributed by atoms with Gasteiger partial charge < -0.3 is 10.1 Å². The average Bonchev–Trinajstić information content (AvgIpc) is 2.34. The largest absolute Gasteiger partial charge is 0.379 e. The Kier molecular flexibility index (Phi) is 9.28. The Morgan fingerprint density at radius 3 is 2.69 bits per heavy atom. The van der Waals surface area contributed by atoms with E-state index in [1.54, 1.807) is 0 Å². The lowest BCUT2D eigenvalue weighted by Crippen LogP contribution is -2.40. The summed E-state index contributed by atoms with van der Waals surface area (Å²) in [7, 11) is 0. The molecule has 4 heteroatoms. The van der Waals surface area contributed by atoms with E-state index in [0.717, 1.165) is 32.8 Å². The molecule has 1 fully saturated rings. The summed E-state index contributed by atoms with van der Waals surface area (Å²) in [6.07, 6.45) is 6.24. The van der Waals surface area contributed by atoms with Crippen molar-refractivity contribution in [2.24, 2.45) is 0 Å². The van der Waals surface area contributed by atoms with Gasteiger partial charge in [-0.25, -0.2) is 0 Å². The number of nitrogens with one attached hydrogen (secondary N) is 1. The van der Waals surface area contributed by atoms with Crippen molar-refractivity contribution in [1.29, 1.82) is 0 Å². The van der Waals surface area contributed by atoms with Crippen LogP contribution >= 0.6 is 11.8 Å². The molecular weight excluding hydrogens is 220 g/mol. The maximum atomic E-state index is 5.32. The third-order valence-electron chi connectivity index (χ3n) is 2.91. The van der Waals surface area contributed by atoms with E-state index >= 15 is 0 Å². The van der Waals surface area contributed by atoms with Crippen LogP contribution in [0.4, 0.5) is 0 Å². The second-order valence-electron chi connectivity index (χ2n) is 4.26. The van der Waals surface area contributed by atoms with E-state index in [1.807, 2.05) is 11.8 Å². The van der Waals surface area contributed by atoms with E-state index in [2.05, 4.69) is 16.5 Å². The van der Waals surface area contributed by atoms with Gasteiger partial charge >= 0.3 is 0 Å². The smallest absolute Gasteiger partial charge is 0.0594 e. The van der Waals surface area contributed by atoms with E-state index in [-0.39, 0.29) is 0 Å². The quantitative estimate of drug-likeness (QED) is 0.622. The molecule has 0 bridgehead atoms. The molecule has 96 valence electrons. The van der Waals surface area contributed by atoms with Crippen LogP contribution in [-0.4, -0.2) is 62.8 Å². The van der Waals surface area contributed by atoms with Crippen LogP contribution in [0.2, 0.25) is 0 Å². The lowest BCUT2D eigenvalue weighted by Gasteiger charge is -2.26. The highest BCUT2D eigenvalue weighted by molar-refractivity contribution is 7.98. The molecule has 0 aromatic rings. The third kappa shape index (κ3) is 7.49. The standard InChI is InChI=1S/C12H26N2OS/c1-16-12-4-2-3-5-13-6-7-14-8-10-15-11-9-14/h13H,2-12H2,1H3. The summed E-state index contributed by atoms with van der Waals surface area (Å²) in [5, 5.41) is 3.52. The van der Waals surface area contributed by atoms with Crippen molar-refractivity contribution in [3.05, 3.63) is 0 Å². The molecule has 16 heavy (non-hydrogen) atoms. The van der Waals surface area contributed by atoms with Gasteiger partial charge in [-0.3, -0.25) is 4.90 Å². The zero-order valence-corrected chi connectivity index (χ0v) is 11.4. The normalized spacial score (nSPS) is 17.8. The number of hydrogen-bond donors (Lipinski definition) is 1. The molecule has 0 aromatic heterocycles. The Morgan fingerprint density at radius 2 is 1.94 bits per heavy atom. The third-order valence-corrected chi connectivity index (χ3v) is 3.61. The summed E-state index contributed by atoms with van der Waals surface area (Å²) in [5.74, 6) is 1.31. The van der Waals surface area contributed by atoms with Crippen molar-refractivity contribution in [1.82, 2.24) is 10.2 Å². The Labute approximate surface area is 104 Å². The van der Waals surface area contributed by atoms with Gasteiger partial charge in [0, 0.05) is 26.2 Å². The van der Waals surface area contributed by atoms with E-state index in [0.29, 0.717) is 0 Å². The van der Waals surface area contributed by atoms with Crippen LogP contribution in [0, 0.1) is 0 Å². The molecule has 0 aliphatic carbocycles. The van der Waals surface area contributed by atoms with Crippen LogP contribution in [0.25, 0.3) is 0 Å². The number of ether oxygens (including phenoxy) is 1. The highest BCUT2D eigenvalue weighted by Gasteiger charge is 2.08. The second kappa shape index (κ2) is 10.4. The summed E-state index contributed by atoms with van der Waals surface area (Å²) in [5.41, 5.74) is 0. The average molecular weight is 246 g/mol. The highest BCUT2D eigenvalue weighted by Crippen LogP contribution is 2.01. The van der Waals surface area contributed by atoms with Crippen molar-refractivity contribution in [2.45, 2.75) is 19.3 Å². The Hall–Kier alpha value is 0.230. The molecule has 1 aliphatic heterocycles. The molecule has 1 rings (SSSR count). The van der Waals surface area contributed by atoms with Gasteiger partial charge in [-0.15, -0.1) is 0 Å². The molecule has 0 saturated carbocycles. The van der Waals surface area contributed by atoms with Gasteiger partial charge in [0.25, 0.3) is 0 Å². The molecule has 0 amide bonds. The molecule has 0 unspecified atom stereocenters. The summed E-state index contributed by atoms with van der Waals surface area (Å²) >= 11 is 1.95. The van der Waals surface area contributed by atoms with Crippen molar-refractivity contribution >= 4 is 11.8 Å².